The van der Waals surface area contributed by atoms with E-state index in [1.165, 1.54) is 56.7 Å². The second kappa shape index (κ2) is 23.3. The minimum absolute atomic E-state index is 0. The molecule has 372 valence electrons. The number of nitrogens with one attached hydrogen (secondary N) is 4. The molecule has 0 bridgehead atoms. The molecule has 10 rings (SSSR count). The predicted molar refractivity (Wildman–Crippen MR) is 288 cm³/mol. The molecule has 12 nitrogen and oxygen atoms in total. The Kier molecular flexibility index (Phi) is 16.8. The number of piperidine rings is 2. The monoisotopic (exact) mass is 953 g/mol. The Morgan fingerprint density at radius 2 is 1.04 bits per heavy atom. The van der Waals surface area contributed by atoms with Crippen molar-refractivity contribution in [3.8, 4) is 0 Å². The molecule has 4 aliphatic rings. The van der Waals surface area contributed by atoms with E-state index in [4.69, 9.17) is 0 Å². The van der Waals surface area contributed by atoms with Gasteiger partial charge in [-0.1, -0.05) is 64.1 Å². The Balaban J connectivity index is 0.000000348. The van der Waals surface area contributed by atoms with Crippen LogP contribution < -0.4 is 31.1 Å². The van der Waals surface area contributed by atoms with E-state index in [0.29, 0.717) is 56.0 Å². The quantitative estimate of drug-likeness (QED) is 0.106. The third-order valence-electron chi connectivity index (χ3n) is 13.5. The molecule has 4 N–H and O–H groups in total. The fourth-order valence-electron chi connectivity index (χ4n) is 8.98. The molecule has 2 saturated carbocycles. The van der Waals surface area contributed by atoms with E-state index in [1.54, 1.807) is 91.4 Å². The summed E-state index contributed by atoms with van der Waals surface area (Å²) in [6.45, 7) is 13.7. The summed E-state index contributed by atoms with van der Waals surface area (Å²) in [7, 11) is 0. The first kappa shape index (κ1) is 50.5. The minimum Gasteiger partial charge on any atom is -0.370 e. The molecule has 0 atom stereocenters. The molecular weight excluding hydrogens is 880 g/mol. The number of anilines is 6. The van der Waals surface area contributed by atoms with Gasteiger partial charge in [-0.25, -0.2) is 9.37 Å². The Bertz CT molecular complexity index is 2790. The number of hydrogen-bond acceptors (Lipinski definition) is 8. The van der Waals surface area contributed by atoms with Crippen LogP contribution in [0.25, 0.3) is 0 Å². The third-order valence-corrected chi connectivity index (χ3v) is 13.5. The van der Waals surface area contributed by atoms with Gasteiger partial charge in [-0.3, -0.25) is 24.2 Å². The number of aryl methyl sites for hydroxylation is 1. The highest BCUT2D eigenvalue weighted by atomic mass is 19.1. The van der Waals surface area contributed by atoms with E-state index in [1.807, 2.05) is 58.9 Å². The van der Waals surface area contributed by atoms with Crippen molar-refractivity contribution in [2.45, 2.75) is 86.0 Å². The van der Waals surface area contributed by atoms with Crippen LogP contribution in [0.15, 0.2) is 134 Å². The normalized spacial score (nSPS) is 15.6. The Morgan fingerprint density at radius 3 is 1.61 bits per heavy atom. The fourth-order valence-corrected chi connectivity index (χ4v) is 8.98. The molecule has 2 spiro atoms. The first-order valence-electron chi connectivity index (χ1n) is 24.7. The van der Waals surface area contributed by atoms with Gasteiger partial charge in [0.25, 0.3) is 23.6 Å². The standard InChI is InChI=1S/C27H28N4O2.C26H25FN4O2.2C2H6.4H2/c1-19-5-2-3-8-23(19)30-25(32)20-6-4-7-21(17-20)29-26(33)22-9-14-28-18-24(22)31-15-12-27(10-11-27)13-16-31;27-19-5-2-7-21(17-19)29-24(32)18-4-1-6-20(16-18)30-25(33)22-8-3-13-28-23(22)31-14-11-26(9-10-26)12-15-31;2*1-2;;;;/h2-9,14,17-18H,10-13,15-16H2,1H3,(H,29,33)(H,30,32);1-8,13,16-17H,9-12,14-15H2,(H,29,32)(H,30,33);2*1-2H3;4*1H. The van der Waals surface area contributed by atoms with Crippen LogP contribution >= 0.6 is 0 Å². The van der Waals surface area contributed by atoms with Gasteiger partial charge in [0.15, 0.2) is 0 Å². The van der Waals surface area contributed by atoms with Crippen molar-refractivity contribution < 1.29 is 29.3 Å². The fraction of sp³-hybridized carbons (Fsp3) is 0.333. The van der Waals surface area contributed by atoms with Gasteiger partial charge in [-0.05, 0) is 154 Å². The van der Waals surface area contributed by atoms with Gasteiger partial charge in [0, 0.05) is 78.2 Å². The second-order valence-corrected chi connectivity index (χ2v) is 18.0. The average molecular weight is 953 g/mol. The van der Waals surface area contributed by atoms with Crippen LogP contribution in [-0.2, 0) is 0 Å². The number of rotatable bonds is 10. The third kappa shape index (κ3) is 12.8. The lowest BCUT2D eigenvalue weighted by atomic mass is 9.93. The van der Waals surface area contributed by atoms with E-state index < -0.39 is 5.82 Å². The largest absolute Gasteiger partial charge is 0.370 e. The zero-order valence-corrected chi connectivity index (χ0v) is 41.0. The SMILES string of the molecule is CC.CC.Cc1ccccc1NC(=O)c1cccc(NC(=O)c2ccncc2N2CCC3(CC2)CC3)c1.O=C(Nc1cccc(F)c1)c1cccc(NC(=O)c2cccnc2N2CCC3(CC2)CC3)c1.[HH].[HH].[HH].[HH]. The highest BCUT2D eigenvalue weighted by Gasteiger charge is 2.45. The van der Waals surface area contributed by atoms with Crippen LogP contribution in [0.4, 0.5) is 38.6 Å². The molecule has 2 saturated heterocycles. The number of pyridine rings is 2. The molecule has 0 radical (unpaired) electrons. The molecule has 13 heteroatoms. The van der Waals surface area contributed by atoms with E-state index in [2.05, 4.69) is 41.0 Å². The summed E-state index contributed by atoms with van der Waals surface area (Å²) in [5.41, 5.74) is 7.15. The van der Waals surface area contributed by atoms with Crippen molar-refractivity contribution in [1.29, 1.82) is 0 Å². The van der Waals surface area contributed by atoms with Crippen LogP contribution in [0.5, 0.6) is 0 Å². The highest BCUT2D eigenvalue weighted by molar-refractivity contribution is 6.10. The number of carbonyl (C=O) groups excluding carboxylic acids is 4. The van der Waals surface area contributed by atoms with Gasteiger partial charge in [0.1, 0.15) is 11.6 Å². The maximum absolute atomic E-state index is 13.4. The van der Waals surface area contributed by atoms with Crippen LogP contribution in [0.2, 0.25) is 0 Å². The highest BCUT2D eigenvalue weighted by Crippen LogP contribution is 2.55. The molecule has 2 aliphatic heterocycles. The maximum atomic E-state index is 13.4. The summed E-state index contributed by atoms with van der Waals surface area (Å²) in [5, 5.41) is 11.5. The molecule has 4 heterocycles. The average Bonchev–Trinajstić information content (AvgIpc) is 4.34. The Hall–Kier alpha value is -7.41. The molecule has 6 aromatic rings. The Morgan fingerprint density at radius 1 is 0.529 bits per heavy atom. The first-order chi connectivity index (χ1) is 34.0. The van der Waals surface area contributed by atoms with Gasteiger partial charge in [-0.15, -0.1) is 0 Å². The van der Waals surface area contributed by atoms with E-state index in [0.717, 1.165) is 56.0 Å². The summed E-state index contributed by atoms with van der Waals surface area (Å²) < 4.78 is 13.4. The topological polar surface area (TPSA) is 149 Å². The van der Waals surface area contributed by atoms with Crippen LogP contribution in [0.3, 0.4) is 0 Å². The second-order valence-electron chi connectivity index (χ2n) is 18.0. The lowest BCUT2D eigenvalue weighted by Gasteiger charge is -2.34. The van der Waals surface area contributed by atoms with Crippen molar-refractivity contribution in [3.63, 3.8) is 0 Å². The number of halogens is 1. The molecule has 2 aliphatic carbocycles. The molecule has 70 heavy (non-hydrogen) atoms. The van der Waals surface area contributed by atoms with Crippen molar-refractivity contribution in [1.82, 2.24) is 9.97 Å². The number of hydrogen-bond donors (Lipinski definition) is 4. The maximum Gasteiger partial charge on any atom is 0.259 e. The van der Waals surface area contributed by atoms with Crippen LogP contribution in [0, 0.1) is 23.6 Å². The molecule has 4 aromatic carbocycles. The van der Waals surface area contributed by atoms with Gasteiger partial charge in [0.05, 0.1) is 23.0 Å². The van der Waals surface area contributed by atoms with Gasteiger partial charge >= 0.3 is 0 Å². The smallest absolute Gasteiger partial charge is 0.259 e. The molecule has 4 fully saturated rings. The summed E-state index contributed by atoms with van der Waals surface area (Å²) in [6, 6.07) is 32.3. The zero-order valence-electron chi connectivity index (χ0n) is 41.0. The molecular formula is C57H73FN8O4. The predicted octanol–water partition coefficient (Wildman–Crippen LogP) is 13.4. The number of nitrogens with zero attached hydrogens (tertiary/aromatic N) is 4. The van der Waals surface area contributed by atoms with Crippen molar-refractivity contribution in [3.05, 3.63) is 167 Å². The van der Waals surface area contributed by atoms with Crippen LogP contribution in [-0.4, -0.2) is 59.8 Å². The number of amides is 4. The number of carbonyl (C=O) groups is 4. The summed E-state index contributed by atoms with van der Waals surface area (Å²) in [5.74, 6) is -0.802. The van der Waals surface area contributed by atoms with E-state index >= 15 is 0 Å². The summed E-state index contributed by atoms with van der Waals surface area (Å²) >= 11 is 0. The van der Waals surface area contributed by atoms with Crippen molar-refractivity contribution >= 4 is 57.9 Å². The first-order valence-corrected chi connectivity index (χ1v) is 24.7. The number of aromatic nitrogens is 2. The number of benzene rings is 4. The van der Waals surface area contributed by atoms with E-state index in [-0.39, 0.29) is 29.3 Å². The van der Waals surface area contributed by atoms with Gasteiger partial charge < -0.3 is 31.1 Å². The summed E-state index contributed by atoms with van der Waals surface area (Å²) in [6.07, 6.45) is 15.1. The van der Waals surface area contributed by atoms with Crippen molar-refractivity contribution in [2.75, 3.05) is 57.2 Å². The molecule has 2 aromatic heterocycles. The van der Waals surface area contributed by atoms with Gasteiger partial charge in [-0.2, -0.15) is 0 Å². The van der Waals surface area contributed by atoms with Gasteiger partial charge in [0.2, 0.25) is 0 Å². The Labute approximate surface area is 417 Å². The molecule has 0 unspecified atom stereocenters. The lowest BCUT2D eigenvalue weighted by molar-refractivity contribution is 0.101. The van der Waals surface area contributed by atoms with Crippen molar-refractivity contribution in [2.24, 2.45) is 10.8 Å². The van der Waals surface area contributed by atoms with E-state index in [9.17, 15) is 23.6 Å². The number of para-hydroxylation sites is 1. The van der Waals surface area contributed by atoms with Crippen LogP contribution in [0.1, 0.15) is 132 Å². The zero-order chi connectivity index (χ0) is 49.7. The minimum atomic E-state index is -0.429. The summed E-state index contributed by atoms with van der Waals surface area (Å²) in [4.78, 5) is 64.9. The molecule has 4 amide bonds. The lowest BCUT2D eigenvalue weighted by Crippen LogP contribution is -2.36.